The van der Waals surface area contributed by atoms with Gasteiger partial charge in [-0.1, -0.05) is 18.2 Å². The second kappa shape index (κ2) is 4.97. The zero-order chi connectivity index (χ0) is 14.0. The SMILES string of the molecule is Cc1cc(C(=O)NC(C)(C)CO)c2ccccc2n1. The van der Waals surface area contributed by atoms with E-state index in [1.807, 2.05) is 31.2 Å². The van der Waals surface area contributed by atoms with Gasteiger partial charge in [0.2, 0.25) is 0 Å². The Labute approximate surface area is 112 Å². The molecule has 0 atom stereocenters. The summed E-state index contributed by atoms with van der Waals surface area (Å²) in [5.41, 5.74) is 1.54. The molecule has 2 N–H and O–H groups in total. The fraction of sp³-hybridized carbons (Fsp3) is 0.333. The maximum atomic E-state index is 12.3. The number of aromatic nitrogens is 1. The molecule has 0 aliphatic heterocycles. The summed E-state index contributed by atoms with van der Waals surface area (Å²) in [6, 6.07) is 9.31. The first-order valence-corrected chi connectivity index (χ1v) is 6.23. The van der Waals surface area contributed by atoms with Crippen LogP contribution in [-0.2, 0) is 0 Å². The van der Waals surface area contributed by atoms with Crippen molar-refractivity contribution in [1.82, 2.24) is 10.3 Å². The predicted molar refractivity (Wildman–Crippen MR) is 75.1 cm³/mol. The van der Waals surface area contributed by atoms with E-state index in [-0.39, 0.29) is 12.5 Å². The number of nitrogens with one attached hydrogen (secondary N) is 1. The van der Waals surface area contributed by atoms with Gasteiger partial charge in [-0.3, -0.25) is 9.78 Å². The second-order valence-electron chi connectivity index (χ2n) is 5.32. The Morgan fingerprint density at radius 3 is 2.74 bits per heavy atom. The van der Waals surface area contributed by atoms with E-state index in [4.69, 9.17) is 0 Å². The van der Waals surface area contributed by atoms with Gasteiger partial charge in [-0.25, -0.2) is 0 Å². The fourth-order valence-electron chi connectivity index (χ4n) is 1.91. The van der Waals surface area contributed by atoms with E-state index in [1.165, 1.54) is 0 Å². The van der Waals surface area contributed by atoms with Crippen LogP contribution in [0, 0.1) is 6.92 Å². The molecule has 0 spiro atoms. The molecular formula is C15H18N2O2. The summed E-state index contributed by atoms with van der Waals surface area (Å²) in [4.78, 5) is 16.7. The number of benzene rings is 1. The van der Waals surface area contributed by atoms with Crippen molar-refractivity contribution in [2.24, 2.45) is 0 Å². The number of hydrogen-bond acceptors (Lipinski definition) is 3. The van der Waals surface area contributed by atoms with Crippen molar-refractivity contribution < 1.29 is 9.90 Å². The fourth-order valence-corrected chi connectivity index (χ4v) is 1.91. The van der Waals surface area contributed by atoms with Crippen molar-refractivity contribution in [1.29, 1.82) is 0 Å². The quantitative estimate of drug-likeness (QED) is 0.885. The normalized spacial score (nSPS) is 11.6. The molecule has 1 heterocycles. The summed E-state index contributed by atoms with van der Waals surface area (Å²) >= 11 is 0. The lowest BCUT2D eigenvalue weighted by Crippen LogP contribution is -2.46. The smallest absolute Gasteiger partial charge is 0.252 e. The Morgan fingerprint density at radius 2 is 2.05 bits per heavy atom. The number of aryl methyl sites for hydroxylation is 1. The standard InChI is InChI=1S/C15H18N2O2/c1-10-8-12(14(19)17-15(2,3)9-18)11-6-4-5-7-13(11)16-10/h4-8,18H,9H2,1-3H3,(H,17,19). The molecule has 2 rings (SSSR count). The lowest BCUT2D eigenvalue weighted by Gasteiger charge is -2.23. The zero-order valence-electron chi connectivity index (χ0n) is 11.4. The third-order valence-electron chi connectivity index (χ3n) is 2.94. The lowest BCUT2D eigenvalue weighted by atomic mass is 10.0. The van der Waals surface area contributed by atoms with Crippen LogP contribution in [0.25, 0.3) is 10.9 Å². The number of aliphatic hydroxyl groups is 1. The number of rotatable bonds is 3. The molecule has 0 fully saturated rings. The summed E-state index contributed by atoms with van der Waals surface area (Å²) in [6.45, 7) is 5.31. The Hall–Kier alpha value is -1.94. The monoisotopic (exact) mass is 258 g/mol. The summed E-state index contributed by atoms with van der Waals surface area (Å²) in [7, 11) is 0. The molecule has 100 valence electrons. The largest absolute Gasteiger partial charge is 0.394 e. The van der Waals surface area contributed by atoms with Crippen molar-refractivity contribution in [3.05, 3.63) is 41.6 Å². The van der Waals surface area contributed by atoms with Crippen LogP contribution in [0.1, 0.15) is 29.9 Å². The van der Waals surface area contributed by atoms with E-state index in [2.05, 4.69) is 10.3 Å². The minimum atomic E-state index is -0.643. The highest BCUT2D eigenvalue weighted by atomic mass is 16.3. The van der Waals surface area contributed by atoms with Crippen molar-refractivity contribution in [2.75, 3.05) is 6.61 Å². The summed E-state index contributed by atoms with van der Waals surface area (Å²) in [5.74, 6) is -0.194. The van der Waals surface area contributed by atoms with Gasteiger partial charge in [-0.05, 0) is 32.9 Å². The Morgan fingerprint density at radius 1 is 1.37 bits per heavy atom. The maximum absolute atomic E-state index is 12.3. The second-order valence-corrected chi connectivity index (χ2v) is 5.32. The lowest BCUT2D eigenvalue weighted by molar-refractivity contribution is 0.0871. The summed E-state index contributed by atoms with van der Waals surface area (Å²) < 4.78 is 0. The number of para-hydroxylation sites is 1. The zero-order valence-corrected chi connectivity index (χ0v) is 11.4. The number of aliphatic hydroxyl groups excluding tert-OH is 1. The van der Waals surface area contributed by atoms with Crippen LogP contribution in [0.5, 0.6) is 0 Å². The van der Waals surface area contributed by atoms with Gasteiger partial charge in [0, 0.05) is 11.1 Å². The first-order chi connectivity index (χ1) is 8.93. The molecule has 0 saturated carbocycles. The maximum Gasteiger partial charge on any atom is 0.252 e. The number of nitrogens with zero attached hydrogens (tertiary/aromatic N) is 1. The molecule has 0 bridgehead atoms. The van der Waals surface area contributed by atoms with E-state index in [0.29, 0.717) is 5.56 Å². The van der Waals surface area contributed by atoms with Crippen LogP contribution in [0.15, 0.2) is 30.3 Å². The summed E-state index contributed by atoms with van der Waals surface area (Å²) in [6.07, 6.45) is 0. The van der Waals surface area contributed by atoms with Crippen molar-refractivity contribution in [3.8, 4) is 0 Å². The summed E-state index contributed by atoms with van der Waals surface area (Å²) in [5, 5.41) is 12.9. The van der Waals surface area contributed by atoms with E-state index in [9.17, 15) is 9.90 Å². The van der Waals surface area contributed by atoms with E-state index in [0.717, 1.165) is 16.6 Å². The third-order valence-corrected chi connectivity index (χ3v) is 2.94. The Balaban J connectivity index is 2.47. The van der Waals surface area contributed by atoms with Crippen LogP contribution < -0.4 is 5.32 Å². The molecule has 0 aliphatic rings. The van der Waals surface area contributed by atoms with E-state index in [1.54, 1.807) is 19.9 Å². The first-order valence-electron chi connectivity index (χ1n) is 6.23. The van der Waals surface area contributed by atoms with Crippen molar-refractivity contribution in [3.63, 3.8) is 0 Å². The average Bonchev–Trinajstić information content (AvgIpc) is 2.37. The number of pyridine rings is 1. The Kier molecular flexibility index (Phi) is 3.53. The molecule has 4 heteroatoms. The highest BCUT2D eigenvalue weighted by molar-refractivity contribution is 6.06. The average molecular weight is 258 g/mol. The minimum Gasteiger partial charge on any atom is -0.394 e. The number of carbonyl (C=O) groups is 1. The van der Waals surface area contributed by atoms with Gasteiger partial charge in [-0.2, -0.15) is 0 Å². The topological polar surface area (TPSA) is 62.2 Å². The third kappa shape index (κ3) is 2.90. The molecule has 2 aromatic rings. The molecule has 0 aliphatic carbocycles. The van der Waals surface area contributed by atoms with Crippen LogP contribution in [0.3, 0.4) is 0 Å². The molecule has 0 saturated heterocycles. The molecule has 1 aromatic heterocycles. The van der Waals surface area contributed by atoms with Crippen LogP contribution >= 0.6 is 0 Å². The minimum absolute atomic E-state index is 0.110. The van der Waals surface area contributed by atoms with Gasteiger partial charge in [0.1, 0.15) is 0 Å². The number of hydrogen-bond donors (Lipinski definition) is 2. The highest BCUT2D eigenvalue weighted by Gasteiger charge is 2.21. The molecule has 0 unspecified atom stereocenters. The van der Waals surface area contributed by atoms with Gasteiger partial charge in [0.25, 0.3) is 5.91 Å². The first kappa shape index (κ1) is 13.5. The molecule has 0 radical (unpaired) electrons. The molecular weight excluding hydrogens is 240 g/mol. The molecule has 19 heavy (non-hydrogen) atoms. The van der Waals surface area contributed by atoms with E-state index < -0.39 is 5.54 Å². The van der Waals surface area contributed by atoms with Crippen LogP contribution in [0.4, 0.5) is 0 Å². The molecule has 1 aromatic carbocycles. The van der Waals surface area contributed by atoms with Gasteiger partial charge in [0.05, 0.1) is 23.2 Å². The highest BCUT2D eigenvalue weighted by Crippen LogP contribution is 2.18. The van der Waals surface area contributed by atoms with Crippen molar-refractivity contribution >= 4 is 16.8 Å². The number of fused-ring (bicyclic) bond motifs is 1. The number of carbonyl (C=O) groups excluding carboxylic acids is 1. The van der Waals surface area contributed by atoms with Crippen LogP contribution in [0.2, 0.25) is 0 Å². The molecule has 4 nitrogen and oxygen atoms in total. The predicted octanol–water partition coefficient (Wildman–Crippen LogP) is 2.04. The Bertz CT molecular complexity index is 621. The van der Waals surface area contributed by atoms with Gasteiger partial charge in [-0.15, -0.1) is 0 Å². The van der Waals surface area contributed by atoms with Gasteiger partial charge >= 0.3 is 0 Å². The number of amides is 1. The molecule has 1 amide bonds. The van der Waals surface area contributed by atoms with Crippen LogP contribution in [-0.4, -0.2) is 28.1 Å². The van der Waals surface area contributed by atoms with E-state index >= 15 is 0 Å². The van der Waals surface area contributed by atoms with Crippen molar-refractivity contribution in [2.45, 2.75) is 26.3 Å². The van der Waals surface area contributed by atoms with Gasteiger partial charge in [0.15, 0.2) is 0 Å². The van der Waals surface area contributed by atoms with Gasteiger partial charge < -0.3 is 10.4 Å².